The van der Waals surface area contributed by atoms with E-state index in [1.54, 1.807) is 0 Å². The Morgan fingerprint density at radius 2 is 1.65 bits per heavy atom. The summed E-state index contributed by atoms with van der Waals surface area (Å²) in [6.45, 7) is 20.0. The van der Waals surface area contributed by atoms with Crippen molar-refractivity contribution in [2.24, 2.45) is 51.2 Å². The summed E-state index contributed by atoms with van der Waals surface area (Å²) < 4.78 is 0. The molecule has 0 radical (unpaired) electrons. The van der Waals surface area contributed by atoms with Crippen LogP contribution in [0.15, 0.2) is 11.6 Å². The van der Waals surface area contributed by atoms with E-state index in [2.05, 4.69) is 61.5 Å². The minimum atomic E-state index is -0.132. The van der Waals surface area contributed by atoms with Gasteiger partial charge in [-0.3, -0.25) is 0 Å². The summed E-state index contributed by atoms with van der Waals surface area (Å²) in [5, 5.41) is 10.8. The van der Waals surface area contributed by atoms with E-state index >= 15 is 0 Å². The van der Waals surface area contributed by atoms with E-state index in [1.165, 1.54) is 57.8 Å². The Kier molecular flexibility index (Phi) is 6.07. The Labute approximate surface area is 193 Å². The number of aliphatic hydroxyl groups excluding tert-OH is 1. The van der Waals surface area contributed by atoms with Gasteiger partial charge in [-0.2, -0.15) is 0 Å². The summed E-state index contributed by atoms with van der Waals surface area (Å²) >= 11 is 0. The van der Waals surface area contributed by atoms with E-state index in [-0.39, 0.29) is 11.5 Å². The van der Waals surface area contributed by atoms with Crippen LogP contribution in [0, 0.1) is 51.2 Å². The lowest BCUT2D eigenvalue weighted by Gasteiger charge is -2.64. The van der Waals surface area contributed by atoms with E-state index in [0.29, 0.717) is 22.2 Å². The van der Waals surface area contributed by atoms with Crippen LogP contribution in [-0.4, -0.2) is 11.2 Å². The maximum Gasteiger partial charge on any atom is 0.0594 e. The lowest BCUT2D eigenvalue weighted by molar-refractivity contribution is -0.131. The number of fused-ring (bicyclic) bond motifs is 5. The van der Waals surface area contributed by atoms with Crippen molar-refractivity contribution in [2.45, 2.75) is 126 Å². The van der Waals surface area contributed by atoms with Gasteiger partial charge in [-0.25, -0.2) is 0 Å². The highest BCUT2D eigenvalue weighted by atomic mass is 16.3. The van der Waals surface area contributed by atoms with Gasteiger partial charge >= 0.3 is 0 Å². The second-order valence-corrected chi connectivity index (χ2v) is 14.1. The van der Waals surface area contributed by atoms with Crippen LogP contribution in [0.3, 0.4) is 0 Å². The summed E-state index contributed by atoms with van der Waals surface area (Å²) in [4.78, 5) is 0. The Hall–Kier alpha value is -0.300. The zero-order valence-electron chi connectivity index (χ0n) is 22.1. The molecule has 4 aliphatic rings. The molecule has 4 aliphatic carbocycles. The van der Waals surface area contributed by atoms with Crippen LogP contribution in [0.5, 0.6) is 0 Å². The van der Waals surface area contributed by atoms with Crippen LogP contribution in [0.2, 0.25) is 0 Å². The zero-order chi connectivity index (χ0) is 22.8. The zero-order valence-corrected chi connectivity index (χ0v) is 22.1. The van der Waals surface area contributed by atoms with Crippen molar-refractivity contribution in [3.63, 3.8) is 0 Å². The largest absolute Gasteiger partial charge is 0.393 e. The first kappa shape index (κ1) is 23.8. The molecule has 8 atom stereocenters. The molecule has 0 aromatic heterocycles. The summed E-state index contributed by atoms with van der Waals surface area (Å²) in [6.07, 6.45) is 15.8. The molecule has 0 amide bonds. The highest BCUT2D eigenvalue weighted by molar-refractivity contribution is 5.33. The smallest absolute Gasteiger partial charge is 0.0594 e. The lowest BCUT2D eigenvalue weighted by atomic mass is 9.41. The normalized spacial score (nSPS) is 47.4. The molecule has 0 aliphatic heterocycles. The third-order valence-corrected chi connectivity index (χ3v) is 12.0. The van der Waals surface area contributed by atoms with Gasteiger partial charge < -0.3 is 5.11 Å². The molecule has 0 bridgehead atoms. The molecule has 4 rings (SSSR count). The van der Waals surface area contributed by atoms with Crippen LogP contribution >= 0.6 is 0 Å². The van der Waals surface area contributed by atoms with Crippen LogP contribution in [0.25, 0.3) is 0 Å². The van der Waals surface area contributed by atoms with Crippen LogP contribution < -0.4 is 0 Å². The van der Waals surface area contributed by atoms with Gasteiger partial charge in [0, 0.05) is 0 Å². The molecule has 0 unspecified atom stereocenters. The summed E-state index contributed by atoms with van der Waals surface area (Å²) in [6, 6.07) is 0. The van der Waals surface area contributed by atoms with Crippen molar-refractivity contribution in [3.05, 3.63) is 11.6 Å². The van der Waals surface area contributed by atoms with Crippen LogP contribution in [0.1, 0.15) is 120 Å². The number of hydrogen-bond donors (Lipinski definition) is 1. The SMILES string of the molecule is CC(C)CCC[C@@H](C)[C@H]1CC[C@@]2(C)C3=CC[C@H]4C(C)(C)[C@@H](O)CC[C@]4(C)[C@@H]3CC[C@]12C. The van der Waals surface area contributed by atoms with Crippen molar-refractivity contribution in [3.8, 4) is 0 Å². The highest BCUT2D eigenvalue weighted by Gasteiger charge is 2.65. The predicted octanol–water partition coefficient (Wildman–Crippen LogP) is 8.41. The van der Waals surface area contributed by atoms with Gasteiger partial charge in [0.05, 0.1) is 6.10 Å². The van der Waals surface area contributed by atoms with Gasteiger partial charge in [-0.15, -0.1) is 0 Å². The molecule has 0 heterocycles. The molecule has 1 N–H and O–H groups in total. The monoisotopic (exact) mass is 428 g/mol. The molecule has 0 aromatic carbocycles. The molecule has 178 valence electrons. The summed E-state index contributed by atoms with van der Waals surface area (Å²) in [5.74, 6) is 3.95. The van der Waals surface area contributed by atoms with Gasteiger partial charge in [-0.05, 0) is 96.2 Å². The fraction of sp³-hybridized carbons (Fsp3) is 0.933. The maximum atomic E-state index is 10.8. The van der Waals surface area contributed by atoms with Crippen LogP contribution in [-0.2, 0) is 0 Å². The fourth-order valence-electron chi connectivity index (χ4n) is 9.70. The summed E-state index contributed by atoms with van der Waals surface area (Å²) in [7, 11) is 0. The number of rotatable bonds is 5. The van der Waals surface area contributed by atoms with Gasteiger partial charge in [0.2, 0.25) is 0 Å². The minimum absolute atomic E-state index is 0.0415. The number of allylic oxidation sites excluding steroid dienone is 2. The third-order valence-electron chi connectivity index (χ3n) is 12.0. The Balaban J connectivity index is 1.60. The van der Waals surface area contributed by atoms with Crippen molar-refractivity contribution in [1.29, 1.82) is 0 Å². The molecular formula is C30H52O. The van der Waals surface area contributed by atoms with Crippen molar-refractivity contribution >= 4 is 0 Å². The van der Waals surface area contributed by atoms with Crippen molar-refractivity contribution in [1.82, 2.24) is 0 Å². The molecule has 0 saturated heterocycles. The maximum absolute atomic E-state index is 10.8. The lowest BCUT2D eigenvalue weighted by Crippen LogP contribution is -2.58. The molecule has 3 saturated carbocycles. The first-order chi connectivity index (χ1) is 14.4. The third kappa shape index (κ3) is 3.41. The van der Waals surface area contributed by atoms with Gasteiger partial charge in [0.1, 0.15) is 0 Å². The molecule has 0 spiro atoms. The number of aliphatic hydroxyl groups is 1. The average Bonchev–Trinajstić information content (AvgIpc) is 2.96. The number of hydrogen-bond acceptors (Lipinski definition) is 1. The van der Waals surface area contributed by atoms with E-state index in [0.717, 1.165) is 30.1 Å². The second kappa shape index (κ2) is 7.89. The fourth-order valence-corrected chi connectivity index (χ4v) is 9.70. The van der Waals surface area contributed by atoms with Gasteiger partial charge in [0.25, 0.3) is 0 Å². The molecule has 1 heteroatoms. The topological polar surface area (TPSA) is 20.2 Å². The molecule has 3 fully saturated rings. The van der Waals surface area contributed by atoms with Crippen LogP contribution in [0.4, 0.5) is 0 Å². The molecule has 31 heavy (non-hydrogen) atoms. The van der Waals surface area contributed by atoms with Gasteiger partial charge in [-0.1, -0.05) is 86.3 Å². The Morgan fingerprint density at radius 1 is 0.935 bits per heavy atom. The van der Waals surface area contributed by atoms with Crippen molar-refractivity contribution < 1.29 is 5.11 Å². The van der Waals surface area contributed by atoms with E-state index < -0.39 is 0 Å². The molecule has 0 aromatic rings. The Bertz CT molecular complexity index is 703. The average molecular weight is 429 g/mol. The first-order valence-corrected chi connectivity index (χ1v) is 13.8. The van der Waals surface area contributed by atoms with Gasteiger partial charge in [0.15, 0.2) is 0 Å². The standard InChI is InChI=1S/C30H52O/c1-20(2)10-9-11-21(3)22-14-18-30(8)24-12-13-25-27(4,5)26(31)16-17-28(25,6)23(24)15-19-29(22,30)7/h12,20-23,25-26,31H,9-11,13-19H2,1-8H3/t21-,22-,23-,25+,26+,28-,29-,30+/m1/s1. The predicted molar refractivity (Wildman–Crippen MR) is 133 cm³/mol. The van der Waals surface area contributed by atoms with E-state index in [4.69, 9.17) is 0 Å². The highest BCUT2D eigenvalue weighted by Crippen LogP contribution is 2.73. The van der Waals surface area contributed by atoms with Crippen molar-refractivity contribution in [2.75, 3.05) is 0 Å². The van der Waals surface area contributed by atoms with E-state index in [1.807, 2.05) is 5.57 Å². The summed E-state index contributed by atoms with van der Waals surface area (Å²) in [5.41, 5.74) is 3.13. The molecule has 1 nitrogen and oxygen atoms in total. The quantitative estimate of drug-likeness (QED) is 0.436. The molecular weight excluding hydrogens is 376 g/mol. The van der Waals surface area contributed by atoms with E-state index in [9.17, 15) is 5.11 Å². The first-order valence-electron chi connectivity index (χ1n) is 13.8. The Morgan fingerprint density at radius 3 is 2.32 bits per heavy atom. The second-order valence-electron chi connectivity index (χ2n) is 14.1. The minimum Gasteiger partial charge on any atom is -0.393 e.